The van der Waals surface area contributed by atoms with E-state index in [-0.39, 0.29) is 5.91 Å². The molecule has 2 aliphatic rings. The van der Waals surface area contributed by atoms with Crippen LogP contribution < -0.4 is 0 Å². The van der Waals surface area contributed by atoms with Gasteiger partial charge in [0.15, 0.2) is 0 Å². The second-order valence-electron chi connectivity index (χ2n) is 2.54. The molecule has 1 fully saturated rings. The summed E-state index contributed by atoms with van der Waals surface area (Å²) in [6.07, 6.45) is 6.71. The highest BCUT2D eigenvalue weighted by Crippen LogP contribution is 2.28. The molecule has 0 aromatic carbocycles. The fraction of sp³-hybridized carbons (Fsp3) is 0.375. The van der Waals surface area contributed by atoms with E-state index in [1.807, 2.05) is 23.1 Å². The van der Waals surface area contributed by atoms with Crippen LogP contribution in [0.2, 0.25) is 0 Å². The van der Waals surface area contributed by atoms with Crippen LogP contribution in [-0.4, -0.2) is 23.1 Å². The average molecular weight is 167 g/mol. The number of hydrogen-bond donors (Lipinski definition) is 0. The minimum Gasteiger partial charge on any atom is -0.303 e. The van der Waals surface area contributed by atoms with Crippen molar-refractivity contribution in [2.45, 2.75) is 6.42 Å². The van der Waals surface area contributed by atoms with Crippen LogP contribution in [0.15, 0.2) is 23.3 Å². The molecule has 58 valence electrons. The van der Waals surface area contributed by atoms with Gasteiger partial charge in [0.2, 0.25) is 5.91 Å². The Labute approximate surface area is 69.9 Å². The zero-order valence-electron chi connectivity index (χ0n) is 6.12. The van der Waals surface area contributed by atoms with Gasteiger partial charge in [-0.3, -0.25) is 4.79 Å². The summed E-state index contributed by atoms with van der Waals surface area (Å²) < 4.78 is 0. The first kappa shape index (κ1) is 6.98. The van der Waals surface area contributed by atoms with E-state index in [2.05, 4.69) is 0 Å². The van der Waals surface area contributed by atoms with Crippen molar-refractivity contribution in [1.29, 1.82) is 0 Å². The maximum Gasteiger partial charge on any atom is 0.228 e. The van der Waals surface area contributed by atoms with E-state index in [4.69, 9.17) is 0 Å². The lowest BCUT2D eigenvalue weighted by Crippen LogP contribution is -2.34. The zero-order valence-corrected chi connectivity index (χ0v) is 6.93. The van der Waals surface area contributed by atoms with E-state index in [0.29, 0.717) is 6.42 Å². The molecule has 0 atom stereocenters. The highest BCUT2D eigenvalue weighted by atomic mass is 32.2. The summed E-state index contributed by atoms with van der Waals surface area (Å²) in [5.74, 6) is 1.20. The van der Waals surface area contributed by atoms with Crippen molar-refractivity contribution in [2.24, 2.45) is 0 Å². The van der Waals surface area contributed by atoms with Crippen LogP contribution in [0.25, 0.3) is 0 Å². The molecule has 1 amide bonds. The van der Waals surface area contributed by atoms with Crippen molar-refractivity contribution in [1.82, 2.24) is 4.90 Å². The number of rotatable bonds is 0. The summed E-state index contributed by atoms with van der Waals surface area (Å²) >= 11 is 1.77. The van der Waals surface area contributed by atoms with E-state index < -0.39 is 0 Å². The van der Waals surface area contributed by atoms with Gasteiger partial charge in [0.1, 0.15) is 0 Å². The zero-order chi connectivity index (χ0) is 7.68. The van der Waals surface area contributed by atoms with Crippen molar-refractivity contribution in [2.75, 3.05) is 12.3 Å². The fourth-order valence-electron chi connectivity index (χ4n) is 1.23. The monoisotopic (exact) mass is 167 g/mol. The molecule has 0 unspecified atom stereocenters. The number of fused-ring (bicyclic) bond motifs is 1. The van der Waals surface area contributed by atoms with Gasteiger partial charge in [0, 0.05) is 18.7 Å². The van der Waals surface area contributed by atoms with Crippen molar-refractivity contribution in [3.05, 3.63) is 23.3 Å². The Balaban J connectivity index is 2.24. The molecule has 0 radical (unpaired) electrons. The van der Waals surface area contributed by atoms with Gasteiger partial charge in [-0.25, -0.2) is 0 Å². The number of hydrogen-bond acceptors (Lipinski definition) is 2. The first-order valence-corrected chi connectivity index (χ1v) is 4.66. The van der Waals surface area contributed by atoms with Crippen LogP contribution in [0.3, 0.4) is 0 Å². The van der Waals surface area contributed by atoms with Gasteiger partial charge in [0.05, 0.1) is 5.03 Å². The predicted molar refractivity (Wildman–Crippen MR) is 46.0 cm³/mol. The van der Waals surface area contributed by atoms with Gasteiger partial charge >= 0.3 is 0 Å². The smallest absolute Gasteiger partial charge is 0.228 e. The van der Waals surface area contributed by atoms with Gasteiger partial charge < -0.3 is 4.90 Å². The third kappa shape index (κ3) is 1.20. The summed E-state index contributed by atoms with van der Waals surface area (Å²) in [6.45, 7) is 0.762. The standard InChI is InChI=1S/C8H9NOS/c10-7-4-6-11-8-3-1-2-5-9(7)8/h1-3H,4-6H2. The van der Waals surface area contributed by atoms with Crippen LogP contribution >= 0.6 is 11.8 Å². The van der Waals surface area contributed by atoms with Crippen LogP contribution in [0, 0.1) is 0 Å². The van der Waals surface area contributed by atoms with Gasteiger partial charge in [-0.2, -0.15) is 0 Å². The highest BCUT2D eigenvalue weighted by molar-refractivity contribution is 8.03. The van der Waals surface area contributed by atoms with Crippen molar-refractivity contribution < 1.29 is 4.79 Å². The Hall–Kier alpha value is -0.700. The molecule has 0 saturated carbocycles. The minimum absolute atomic E-state index is 0.263. The van der Waals surface area contributed by atoms with E-state index in [1.54, 1.807) is 11.8 Å². The molecular weight excluding hydrogens is 158 g/mol. The number of carbonyl (C=O) groups excluding carboxylic acids is 1. The summed E-state index contributed by atoms with van der Waals surface area (Å²) in [5, 5.41) is 1.11. The van der Waals surface area contributed by atoms with Gasteiger partial charge in [0.25, 0.3) is 0 Å². The number of nitrogens with zero attached hydrogens (tertiary/aromatic N) is 1. The van der Waals surface area contributed by atoms with Crippen molar-refractivity contribution in [3.63, 3.8) is 0 Å². The Bertz CT molecular complexity index is 244. The van der Waals surface area contributed by atoms with Crippen LogP contribution in [-0.2, 0) is 4.79 Å². The molecule has 0 bridgehead atoms. The van der Waals surface area contributed by atoms with E-state index >= 15 is 0 Å². The minimum atomic E-state index is 0.263. The van der Waals surface area contributed by atoms with Gasteiger partial charge in [-0.15, -0.1) is 11.8 Å². The lowest BCUT2D eigenvalue weighted by molar-refractivity contribution is -0.128. The molecule has 2 aliphatic heterocycles. The lowest BCUT2D eigenvalue weighted by atomic mass is 10.3. The third-order valence-corrected chi connectivity index (χ3v) is 2.86. The molecule has 11 heavy (non-hydrogen) atoms. The van der Waals surface area contributed by atoms with Gasteiger partial charge in [-0.05, 0) is 6.08 Å². The van der Waals surface area contributed by atoms with Crippen molar-refractivity contribution >= 4 is 17.7 Å². The molecule has 0 N–H and O–H groups in total. The second-order valence-corrected chi connectivity index (χ2v) is 3.65. The maximum atomic E-state index is 11.3. The number of carbonyl (C=O) groups is 1. The van der Waals surface area contributed by atoms with Crippen LogP contribution in [0.1, 0.15) is 6.42 Å². The molecule has 1 saturated heterocycles. The molecule has 2 heterocycles. The van der Waals surface area contributed by atoms with E-state index in [1.165, 1.54) is 0 Å². The number of amides is 1. The quantitative estimate of drug-likeness (QED) is 0.543. The average Bonchev–Trinajstić information content (AvgIpc) is 2.06. The molecule has 0 aliphatic carbocycles. The topological polar surface area (TPSA) is 20.3 Å². The normalized spacial score (nSPS) is 23.1. The highest BCUT2D eigenvalue weighted by Gasteiger charge is 2.22. The van der Waals surface area contributed by atoms with Crippen LogP contribution in [0.5, 0.6) is 0 Å². The molecule has 2 rings (SSSR count). The van der Waals surface area contributed by atoms with Gasteiger partial charge in [-0.1, -0.05) is 12.2 Å². The summed E-state index contributed by atoms with van der Waals surface area (Å²) in [6, 6.07) is 0. The summed E-state index contributed by atoms with van der Waals surface area (Å²) in [4.78, 5) is 13.1. The van der Waals surface area contributed by atoms with Crippen LogP contribution in [0.4, 0.5) is 0 Å². The lowest BCUT2D eigenvalue weighted by Gasteiger charge is -2.29. The molecule has 0 aromatic rings. The largest absolute Gasteiger partial charge is 0.303 e. The number of allylic oxidation sites excluding steroid dienone is 2. The summed E-state index contributed by atoms with van der Waals surface area (Å²) in [7, 11) is 0. The predicted octanol–water partition coefficient (Wildman–Crippen LogP) is 1.36. The molecular formula is C8H9NOS. The Morgan fingerprint density at radius 1 is 1.55 bits per heavy atom. The number of thioether (sulfide) groups is 1. The maximum absolute atomic E-state index is 11.3. The first-order valence-electron chi connectivity index (χ1n) is 3.68. The summed E-state index contributed by atoms with van der Waals surface area (Å²) in [5.41, 5.74) is 0. The second kappa shape index (κ2) is 2.74. The SMILES string of the molecule is O=C1CCSC2=CC=CCN12. The molecule has 3 heteroatoms. The fourth-order valence-corrected chi connectivity index (χ4v) is 2.22. The molecule has 0 aromatic heterocycles. The molecule has 0 spiro atoms. The Kier molecular flexibility index (Phi) is 1.74. The van der Waals surface area contributed by atoms with Crippen molar-refractivity contribution in [3.8, 4) is 0 Å². The Morgan fingerprint density at radius 2 is 2.45 bits per heavy atom. The van der Waals surface area contributed by atoms with E-state index in [0.717, 1.165) is 17.3 Å². The molecule has 2 nitrogen and oxygen atoms in total. The third-order valence-electron chi connectivity index (χ3n) is 1.80. The van der Waals surface area contributed by atoms with E-state index in [9.17, 15) is 4.79 Å². The first-order chi connectivity index (χ1) is 5.38. The Morgan fingerprint density at radius 3 is 3.27 bits per heavy atom.